The van der Waals surface area contributed by atoms with Gasteiger partial charge in [-0.25, -0.2) is 9.59 Å². The van der Waals surface area contributed by atoms with Gasteiger partial charge in [0.15, 0.2) is 0 Å². The van der Waals surface area contributed by atoms with Gasteiger partial charge in [0.1, 0.15) is 30.3 Å². The van der Waals surface area contributed by atoms with Gasteiger partial charge in [-0.15, -0.1) is 0 Å². The van der Waals surface area contributed by atoms with Gasteiger partial charge in [0.2, 0.25) is 0 Å². The van der Waals surface area contributed by atoms with E-state index in [-0.39, 0.29) is 29.7 Å². The van der Waals surface area contributed by atoms with Crippen LogP contribution in [0, 0.1) is 10.1 Å². The molecule has 0 aromatic heterocycles. The van der Waals surface area contributed by atoms with Crippen LogP contribution in [-0.4, -0.2) is 48.2 Å². The molecule has 184 valence electrons. The molecule has 0 heterocycles. The summed E-state index contributed by atoms with van der Waals surface area (Å²) in [4.78, 5) is 36.1. The van der Waals surface area contributed by atoms with Crippen LogP contribution in [0.2, 0.25) is 5.02 Å². The quantitative estimate of drug-likeness (QED) is 0.187. The van der Waals surface area contributed by atoms with Gasteiger partial charge in [0.05, 0.1) is 15.5 Å². The van der Waals surface area contributed by atoms with Crippen LogP contribution in [0.4, 0.5) is 23.7 Å². The number of rotatable bonds is 9. The normalized spacial score (nSPS) is 11.0. The number of nitro groups is 1. The first-order valence-corrected chi connectivity index (χ1v) is 10.3. The highest BCUT2D eigenvalue weighted by molar-refractivity contribution is 6.32. The summed E-state index contributed by atoms with van der Waals surface area (Å²) in [5.74, 6) is -1.35. The number of alkyl halides is 3. The smallest absolute Gasteiger partial charge is 0.416 e. The molecule has 0 unspecified atom stereocenters. The summed E-state index contributed by atoms with van der Waals surface area (Å²) >= 11 is 5.85. The molecular formula is C21H20ClF3N2O7. The second kappa shape index (κ2) is 11.5. The first kappa shape index (κ1) is 26.7. The molecular weight excluding hydrogens is 485 g/mol. The van der Waals surface area contributed by atoms with Crippen LogP contribution in [-0.2, 0) is 15.7 Å². The SMILES string of the molecule is CCN(CC)C(=O)OCCOC(=O)c1cc(Oc2ccc(C(F)(F)F)cc2Cl)ccc1[N+](=O)[O-]. The van der Waals surface area contributed by atoms with Crippen molar-refractivity contribution in [1.29, 1.82) is 0 Å². The van der Waals surface area contributed by atoms with E-state index < -0.39 is 40.0 Å². The van der Waals surface area contributed by atoms with Crippen molar-refractivity contribution >= 4 is 29.4 Å². The molecule has 0 fully saturated rings. The number of hydrogen-bond acceptors (Lipinski definition) is 7. The van der Waals surface area contributed by atoms with Crippen molar-refractivity contribution in [3.63, 3.8) is 0 Å². The molecule has 0 atom stereocenters. The summed E-state index contributed by atoms with van der Waals surface area (Å²) in [6, 6.07) is 5.52. The van der Waals surface area contributed by atoms with Crippen LogP contribution in [0.3, 0.4) is 0 Å². The molecule has 2 aromatic carbocycles. The number of hydrogen-bond donors (Lipinski definition) is 0. The van der Waals surface area contributed by atoms with Crippen LogP contribution in [0.25, 0.3) is 0 Å². The van der Waals surface area contributed by atoms with Crippen LogP contribution in [0.5, 0.6) is 11.5 Å². The molecule has 0 radical (unpaired) electrons. The van der Waals surface area contributed by atoms with Crippen LogP contribution in [0.1, 0.15) is 29.8 Å². The fourth-order valence-electron chi connectivity index (χ4n) is 2.70. The Bertz CT molecular complexity index is 1060. The number of nitro benzene ring substituents is 1. The highest BCUT2D eigenvalue weighted by Crippen LogP contribution is 2.37. The van der Waals surface area contributed by atoms with Crippen molar-refractivity contribution in [3.05, 3.63) is 62.7 Å². The van der Waals surface area contributed by atoms with E-state index in [1.165, 1.54) is 4.90 Å². The van der Waals surface area contributed by atoms with E-state index in [1.807, 2.05) is 0 Å². The zero-order valence-electron chi connectivity index (χ0n) is 18.1. The highest BCUT2D eigenvalue weighted by Gasteiger charge is 2.31. The van der Waals surface area contributed by atoms with Gasteiger partial charge in [0, 0.05) is 25.2 Å². The molecule has 0 aliphatic carbocycles. The van der Waals surface area contributed by atoms with Gasteiger partial charge in [-0.2, -0.15) is 13.2 Å². The lowest BCUT2D eigenvalue weighted by Crippen LogP contribution is -2.32. The maximum absolute atomic E-state index is 12.8. The summed E-state index contributed by atoms with van der Waals surface area (Å²) in [5, 5.41) is 10.9. The van der Waals surface area contributed by atoms with Crippen molar-refractivity contribution < 1.29 is 41.9 Å². The van der Waals surface area contributed by atoms with E-state index in [4.69, 9.17) is 25.8 Å². The molecule has 13 heteroatoms. The van der Waals surface area contributed by atoms with E-state index in [2.05, 4.69) is 0 Å². The average molecular weight is 505 g/mol. The molecule has 0 bridgehead atoms. The minimum absolute atomic E-state index is 0.104. The standard InChI is InChI=1S/C21H20ClF3N2O7/c1-3-26(4-2)20(29)33-10-9-32-19(28)15-12-14(6-7-17(15)27(30)31)34-18-8-5-13(11-16(18)22)21(23,24)25/h5-8,11-12H,3-4,9-10H2,1-2H3. The fourth-order valence-corrected chi connectivity index (χ4v) is 2.92. The molecule has 0 spiro atoms. The van der Waals surface area contributed by atoms with Gasteiger partial charge < -0.3 is 19.1 Å². The first-order valence-electron chi connectivity index (χ1n) is 9.89. The number of amides is 1. The number of halogens is 4. The van der Waals surface area contributed by atoms with Gasteiger partial charge >= 0.3 is 18.2 Å². The zero-order valence-corrected chi connectivity index (χ0v) is 18.8. The topological polar surface area (TPSA) is 108 Å². The summed E-state index contributed by atoms with van der Waals surface area (Å²) in [5.41, 5.74) is -2.05. The Morgan fingerprint density at radius 3 is 2.26 bits per heavy atom. The van der Waals surface area contributed by atoms with Crippen LogP contribution < -0.4 is 4.74 Å². The molecule has 2 aromatic rings. The summed E-state index contributed by atoms with van der Waals surface area (Å²) in [6.07, 6.45) is -5.21. The van der Waals surface area contributed by atoms with E-state index in [9.17, 15) is 32.9 Å². The van der Waals surface area contributed by atoms with Crippen molar-refractivity contribution in [2.75, 3.05) is 26.3 Å². The predicted molar refractivity (Wildman–Crippen MR) is 114 cm³/mol. The third kappa shape index (κ3) is 6.98. The van der Waals surface area contributed by atoms with Crippen LogP contribution in [0.15, 0.2) is 36.4 Å². The van der Waals surface area contributed by atoms with Gasteiger partial charge in [0.25, 0.3) is 5.69 Å². The molecule has 1 amide bonds. The Labute approximate surface area is 197 Å². The zero-order chi connectivity index (χ0) is 25.5. The number of carbonyl (C=O) groups is 2. The lowest BCUT2D eigenvalue weighted by atomic mass is 10.1. The van der Waals surface area contributed by atoms with Gasteiger partial charge in [-0.3, -0.25) is 10.1 Å². The lowest BCUT2D eigenvalue weighted by molar-refractivity contribution is -0.385. The van der Waals surface area contributed by atoms with E-state index >= 15 is 0 Å². The Morgan fingerprint density at radius 1 is 1.06 bits per heavy atom. The molecule has 0 N–H and O–H groups in total. The fraction of sp³-hybridized carbons (Fsp3) is 0.333. The second-order valence-corrected chi connectivity index (χ2v) is 7.01. The third-order valence-electron chi connectivity index (χ3n) is 4.44. The van der Waals surface area contributed by atoms with Crippen molar-refractivity contribution in [3.8, 4) is 11.5 Å². The molecule has 0 aliphatic heterocycles. The number of carbonyl (C=O) groups excluding carboxylic acids is 2. The number of esters is 1. The number of ether oxygens (including phenoxy) is 3. The van der Waals surface area contributed by atoms with E-state index in [0.717, 1.165) is 30.3 Å². The molecule has 0 aliphatic rings. The van der Waals surface area contributed by atoms with Crippen molar-refractivity contribution in [2.45, 2.75) is 20.0 Å². The Hall–Kier alpha value is -3.54. The monoisotopic (exact) mass is 504 g/mol. The first-order chi connectivity index (χ1) is 16.0. The van der Waals surface area contributed by atoms with Crippen LogP contribution >= 0.6 is 11.6 Å². The Balaban J connectivity index is 2.13. The Morgan fingerprint density at radius 2 is 1.71 bits per heavy atom. The van der Waals surface area contributed by atoms with Gasteiger partial charge in [-0.1, -0.05) is 11.6 Å². The Kier molecular flexibility index (Phi) is 9.07. The van der Waals surface area contributed by atoms with Crippen molar-refractivity contribution in [1.82, 2.24) is 4.90 Å². The summed E-state index contributed by atoms with van der Waals surface area (Å²) < 4.78 is 53.7. The average Bonchev–Trinajstić information content (AvgIpc) is 2.77. The number of nitrogens with zero attached hydrogens (tertiary/aromatic N) is 2. The minimum atomic E-state index is -4.61. The highest BCUT2D eigenvalue weighted by atomic mass is 35.5. The summed E-state index contributed by atoms with van der Waals surface area (Å²) in [6.45, 7) is 3.74. The maximum Gasteiger partial charge on any atom is 0.416 e. The largest absolute Gasteiger partial charge is 0.458 e. The van der Waals surface area contributed by atoms with Crippen molar-refractivity contribution in [2.24, 2.45) is 0 Å². The molecule has 0 saturated heterocycles. The minimum Gasteiger partial charge on any atom is -0.458 e. The lowest BCUT2D eigenvalue weighted by Gasteiger charge is -2.17. The number of benzene rings is 2. The second-order valence-electron chi connectivity index (χ2n) is 6.60. The molecule has 9 nitrogen and oxygen atoms in total. The molecule has 2 rings (SSSR count). The van der Waals surface area contributed by atoms with E-state index in [1.54, 1.807) is 13.8 Å². The van der Waals surface area contributed by atoms with Gasteiger partial charge in [-0.05, 0) is 38.1 Å². The summed E-state index contributed by atoms with van der Waals surface area (Å²) in [7, 11) is 0. The maximum atomic E-state index is 12.8. The predicted octanol–water partition coefficient (Wildman–Crippen LogP) is 5.69. The molecule has 0 saturated carbocycles. The third-order valence-corrected chi connectivity index (χ3v) is 4.73. The van der Waals surface area contributed by atoms with E-state index in [0.29, 0.717) is 19.2 Å². The molecule has 34 heavy (non-hydrogen) atoms.